The topological polar surface area (TPSA) is 42.2 Å². The highest BCUT2D eigenvalue weighted by molar-refractivity contribution is 7.16. The molecule has 17 heavy (non-hydrogen) atoms. The Labute approximate surface area is 110 Å². The lowest BCUT2D eigenvalue weighted by Crippen LogP contribution is -2.17. The third-order valence-electron chi connectivity index (χ3n) is 2.52. The Morgan fingerprint density at radius 2 is 2.12 bits per heavy atom. The van der Waals surface area contributed by atoms with Crippen molar-refractivity contribution in [1.29, 1.82) is 0 Å². The lowest BCUT2D eigenvalue weighted by Gasteiger charge is -2.18. The highest BCUT2D eigenvalue weighted by Crippen LogP contribution is 2.24. The first-order valence-corrected chi connectivity index (χ1v) is 6.44. The molecule has 2 aromatic rings. The van der Waals surface area contributed by atoms with Gasteiger partial charge < -0.3 is 10.6 Å². The Bertz CT molecular complexity index is 524. The molecule has 0 bridgehead atoms. The molecule has 0 aliphatic heterocycles. The van der Waals surface area contributed by atoms with Crippen LogP contribution in [-0.2, 0) is 6.54 Å². The van der Waals surface area contributed by atoms with Crippen LogP contribution in [0.3, 0.4) is 0 Å². The van der Waals surface area contributed by atoms with Gasteiger partial charge >= 0.3 is 0 Å². The van der Waals surface area contributed by atoms with Crippen molar-refractivity contribution in [1.82, 2.24) is 4.98 Å². The molecule has 0 aliphatic rings. The fourth-order valence-corrected chi connectivity index (χ4v) is 2.66. The number of hydrogen-bond donors (Lipinski definition) is 1. The van der Waals surface area contributed by atoms with Gasteiger partial charge in [0.1, 0.15) is 5.82 Å². The highest BCUT2D eigenvalue weighted by Gasteiger charge is 2.06. The molecule has 2 heterocycles. The van der Waals surface area contributed by atoms with Gasteiger partial charge in [-0.05, 0) is 31.2 Å². The van der Waals surface area contributed by atoms with Crippen LogP contribution in [0.5, 0.6) is 0 Å². The smallest absolute Gasteiger partial charge is 0.129 e. The van der Waals surface area contributed by atoms with Gasteiger partial charge in [-0.3, -0.25) is 0 Å². The van der Waals surface area contributed by atoms with Crippen LogP contribution in [-0.4, -0.2) is 12.0 Å². The summed E-state index contributed by atoms with van der Waals surface area (Å²) >= 11 is 7.49. The Hall–Kier alpha value is -1.26. The van der Waals surface area contributed by atoms with Crippen LogP contribution in [0.1, 0.15) is 10.6 Å². The van der Waals surface area contributed by atoms with E-state index in [0.717, 1.165) is 28.1 Å². The summed E-state index contributed by atoms with van der Waals surface area (Å²) in [5, 5.41) is 0. The second kappa shape index (κ2) is 4.94. The number of thiophene rings is 1. The monoisotopic (exact) mass is 267 g/mol. The van der Waals surface area contributed by atoms with Gasteiger partial charge in [0.15, 0.2) is 0 Å². The van der Waals surface area contributed by atoms with Crippen molar-refractivity contribution in [3.05, 3.63) is 39.2 Å². The number of nitrogen functional groups attached to an aromatic ring is 1. The van der Waals surface area contributed by atoms with E-state index >= 15 is 0 Å². The average molecular weight is 268 g/mol. The lowest BCUT2D eigenvalue weighted by molar-refractivity contribution is 0.907. The van der Waals surface area contributed by atoms with Crippen molar-refractivity contribution in [3.63, 3.8) is 0 Å². The fraction of sp³-hybridized carbons (Fsp3) is 0.250. The third kappa shape index (κ3) is 2.90. The minimum atomic E-state index is 0.723. The molecule has 2 aromatic heterocycles. The van der Waals surface area contributed by atoms with Crippen LogP contribution in [0, 0.1) is 6.92 Å². The van der Waals surface area contributed by atoms with Crippen LogP contribution >= 0.6 is 22.9 Å². The summed E-state index contributed by atoms with van der Waals surface area (Å²) in [4.78, 5) is 7.74. The Morgan fingerprint density at radius 1 is 1.35 bits per heavy atom. The van der Waals surface area contributed by atoms with Gasteiger partial charge in [0.25, 0.3) is 0 Å². The number of anilines is 2. The number of hydrogen-bond acceptors (Lipinski definition) is 4. The molecule has 0 saturated heterocycles. The van der Waals surface area contributed by atoms with E-state index in [1.54, 1.807) is 11.3 Å². The van der Waals surface area contributed by atoms with Crippen molar-refractivity contribution in [2.24, 2.45) is 0 Å². The Balaban J connectivity index is 2.14. The zero-order valence-corrected chi connectivity index (χ0v) is 11.3. The van der Waals surface area contributed by atoms with Gasteiger partial charge in [-0.25, -0.2) is 4.98 Å². The molecule has 0 aliphatic carbocycles. The predicted molar refractivity (Wildman–Crippen MR) is 74.8 cm³/mol. The number of aryl methyl sites for hydroxylation is 1. The summed E-state index contributed by atoms with van der Waals surface area (Å²) in [6, 6.07) is 7.76. The van der Waals surface area contributed by atoms with Gasteiger partial charge in [-0.1, -0.05) is 11.6 Å². The SMILES string of the molecule is Cc1nc(N(C)Cc2ccc(Cl)s2)ccc1N. The quantitative estimate of drug-likeness (QED) is 0.928. The van der Waals surface area contributed by atoms with E-state index in [-0.39, 0.29) is 0 Å². The molecule has 3 nitrogen and oxygen atoms in total. The van der Waals surface area contributed by atoms with Gasteiger partial charge in [-0.2, -0.15) is 0 Å². The number of halogens is 1. The number of aromatic nitrogens is 1. The van der Waals surface area contributed by atoms with E-state index in [1.165, 1.54) is 4.88 Å². The second-order valence-electron chi connectivity index (χ2n) is 3.91. The standard InChI is InChI=1S/C12H14ClN3S/c1-8-10(14)4-6-12(15-8)16(2)7-9-3-5-11(13)17-9/h3-6H,7,14H2,1-2H3. The van der Waals surface area contributed by atoms with Crippen molar-refractivity contribution >= 4 is 34.4 Å². The zero-order chi connectivity index (χ0) is 12.4. The number of nitrogens with zero attached hydrogens (tertiary/aromatic N) is 2. The van der Waals surface area contributed by atoms with Crippen LogP contribution in [0.15, 0.2) is 24.3 Å². The lowest BCUT2D eigenvalue weighted by atomic mass is 10.3. The van der Waals surface area contributed by atoms with E-state index in [2.05, 4.69) is 9.88 Å². The van der Waals surface area contributed by atoms with E-state index in [1.807, 2.05) is 38.2 Å². The third-order valence-corrected chi connectivity index (χ3v) is 3.74. The number of nitrogens with two attached hydrogens (primary N) is 1. The Morgan fingerprint density at radius 3 is 2.71 bits per heavy atom. The van der Waals surface area contributed by atoms with E-state index in [0.29, 0.717) is 0 Å². The van der Waals surface area contributed by atoms with Crippen LogP contribution in [0.2, 0.25) is 4.34 Å². The molecular formula is C12H14ClN3S. The van der Waals surface area contributed by atoms with Gasteiger partial charge in [0.05, 0.1) is 22.3 Å². The first-order valence-electron chi connectivity index (χ1n) is 5.25. The molecule has 0 unspecified atom stereocenters. The highest BCUT2D eigenvalue weighted by atomic mass is 35.5. The Kier molecular flexibility index (Phi) is 3.54. The summed E-state index contributed by atoms with van der Waals surface area (Å²) in [5.41, 5.74) is 7.33. The maximum Gasteiger partial charge on any atom is 0.129 e. The summed E-state index contributed by atoms with van der Waals surface area (Å²) < 4.78 is 0.815. The average Bonchev–Trinajstić information content (AvgIpc) is 2.68. The summed E-state index contributed by atoms with van der Waals surface area (Å²) in [6.45, 7) is 2.71. The van der Waals surface area contributed by atoms with Crippen molar-refractivity contribution in [3.8, 4) is 0 Å². The molecular weight excluding hydrogens is 254 g/mol. The molecule has 90 valence electrons. The molecule has 2 rings (SSSR count). The largest absolute Gasteiger partial charge is 0.397 e. The number of pyridine rings is 1. The normalized spacial score (nSPS) is 10.5. The number of rotatable bonds is 3. The molecule has 0 aromatic carbocycles. The summed E-state index contributed by atoms with van der Waals surface area (Å²) in [7, 11) is 2.01. The molecule has 0 saturated carbocycles. The molecule has 5 heteroatoms. The maximum atomic E-state index is 5.90. The molecule has 0 amide bonds. The second-order valence-corrected chi connectivity index (χ2v) is 5.71. The van der Waals surface area contributed by atoms with Crippen molar-refractivity contribution in [2.75, 3.05) is 17.7 Å². The van der Waals surface area contributed by atoms with Gasteiger partial charge in [0.2, 0.25) is 0 Å². The van der Waals surface area contributed by atoms with Crippen molar-refractivity contribution in [2.45, 2.75) is 13.5 Å². The molecule has 0 atom stereocenters. The maximum absolute atomic E-state index is 5.90. The molecule has 0 radical (unpaired) electrons. The van der Waals surface area contributed by atoms with E-state index in [4.69, 9.17) is 17.3 Å². The minimum absolute atomic E-state index is 0.723. The minimum Gasteiger partial charge on any atom is -0.397 e. The first kappa shape index (κ1) is 12.2. The van der Waals surface area contributed by atoms with Crippen LogP contribution in [0.25, 0.3) is 0 Å². The summed E-state index contributed by atoms with van der Waals surface area (Å²) in [6.07, 6.45) is 0. The summed E-state index contributed by atoms with van der Waals surface area (Å²) in [5.74, 6) is 0.918. The predicted octanol–water partition coefficient (Wildman–Crippen LogP) is 3.32. The molecule has 0 spiro atoms. The zero-order valence-electron chi connectivity index (χ0n) is 9.77. The first-order chi connectivity index (χ1) is 8.06. The molecule has 2 N–H and O–H groups in total. The fourth-order valence-electron chi connectivity index (χ4n) is 1.52. The van der Waals surface area contributed by atoms with Crippen LogP contribution in [0.4, 0.5) is 11.5 Å². The molecule has 0 fully saturated rings. The van der Waals surface area contributed by atoms with E-state index < -0.39 is 0 Å². The van der Waals surface area contributed by atoms with Gasteiger partial charge in [0, 0.05) is 11.9 Å². The van der Waals surface area contributed by atoms with Crippen LogP contribution < -0.4 is 10.6 Å². The van der Waals surface area contributed by atoms with E-state index in [9.17, 15) is 0 Å². The van der Waals surface area contributed by atoms with Crippen molar-refractivity contribution < 1.29 is 0 Å². The van der Waals surface area contributed by atoms with Gasteiger partial charge in [-0.15, -0.1) is 11.3 Å².